The van der Waals surface area contributed by atoms with E-state index in [4.69, 9.17) is 39.5 Å². The third-order valence-corrected chi connectivity index (χ3v) is 4.76. The van der Waals surface area contributed by atoms with Gasteiger partial charge in [-0.3, -0.25) is 19.3 Å². The van der Waals surface area contributed by atoms with Gasteiger partial charge in [-0.05, 0) is 30.3 Å². The number of fused-ring (bicyclic) bond motifs is 1. The maximum Gasteiger partial charge on any atom is 0.262 e. The van der Waals surface area contributed by atoms with E-state index in [1.807, 2.05) is 0 Å². The SMILES string of the molecule is O=C(CN1C(=O)c2cc(Cl)c(Cl)cc2C1=O)NCCOc1cccc(Cl)c1. The molecule has 2 aromatic carbocycles. The molecule has 0 saturated carbocycles. The summed E-state index contributed by atoms with van der Waals surface area (Å²) < 4.78 is 5.45. The number of ether oxygens (including phenoxy) is 1. The van der Waals surface area contributed by atoms with E-state index in [0.29, 0.717) is 10.8 Å². The zero-order valence-corrected chi connectivity index (χ0v) is 16.1. The van der Waals surface area contributed by atoms with Crippen LogP contribution in [0.25, 0.3) is 0 Å². The lowest BCUT2D eigenvalue weighted by atomic mass is 10.1. The highest BCUT2D eigenvalue weighted by atomic mass is 35.5. The summed E-state index contributed by atoms with van der Waals surface area (Å²) >= 11 is 17.6. The van der Waals surface area contributed by atoms with Crippen LogP contribution in [-0.2, 0) is 4.79 Å². The number of nitrogens with one attached hydrogen (secondary N) is 1. The molecule has 2 aromatic rings. The van der Waals surface area contributed by atoms with E-state index in [9.17, 15) is 14.4 Å². The maximum absolute atomic E-state index is 12.3. The summed E-state index contributed by atoms with van der Waals surface area (Å²) in [5.41, 5.74) is 0.262. The number of carbonyl (C=O) groups is 3. The molecule has 3 amide bonds. The maximum atomic E-state index is 12.3. The van der Waals surface area contributed by atoms with Crippen molar-refractivity contribution in [1.82, 2.24) is 10.2 Å². The van der Waals surface area contributed by atoms with Gasteiger partial charge in [0.25, 0.3) is 11.8 Å². The van der Waals surface area contributed by atoms with Crippen molar-refractivity contribution in [1.29, 1.82) is 0 Å². The first-order valence-electron chi connectivity index (χ1n) is 7.87. The number of benzene rings is 2. The van der Waals surface area contributed by atoms with Gasteiger partial charge in [0.15, 0.2) is 0 Å². The Balaban J connectivity index is 1.52. The second kappa shape index (κ2) is 8.17. The zero-order chi connectivity index (χ0) is 19.6. The topological polar surface area (TPSA) is 75.7 Å². The molecule has 0 bridgehead atoms. The molecule has 0 unspecified atom stereocenters. The summed E-state index contributed by atoms with van der Waals surface area (Å²) in [6.45, 7) is 0.00430. The lowest BCUT2D eigenvalue weighted by molar-refractivity contribution is -0.121. The molecule has 140 valence electrons. The van der Waals surface area contributed by atoms with Gasteiger partial charge < -0.3 is 10.1 Å². The average molecular weight is 428 g/mol. The Bertz CT molecular complexity index is 892. The minimum Gasteiger partial charge on any atom is -0.492 e. The monoisotopic (exact) mass is 426 g/mol. The van der Waals surface area contributed by atoms with Crippen molar-refractivity contribution in [3.05, 3.63) is 62.6 Å². The molecule has 0 fully saturated rings. The highest BCUT2D eigenvalue weighted by Gasteiger charge is 2.37. The molecule has 0 aromatic heterocycles. The van der Waals surface area contributed by atoms with Crippen LogP contribution >= 0.6 is 34.8 Å². The molecule has 1 heterocycles. The Morgan fingerprint density at radius 2 is 1.63 bits per heavy atom. The Labute approximate surface area is 169 Å². The predicted molar refractivity (Wildman–Crippen MR) is 102 cm³/mol. The normalized spacial score (nSPS) is 12.9. The van der Waals surface area contributed by atoms with E-state index >= 15 is 0 Å². The fourth-order valence-corrected chi connectivity index (χ4v) is 3.05. The highest BCUT2D eigenvalue weighted by Crippen LogP contribution is 2.31. The first-order valence-corrected chi connectivity index (χ1v) is 9.00. The first-order chi connectivity index (χ1) is 12.9. The van der Waals surface area contributed by atoms with Crippen molar-refractivity contribution >= 4 is 52.5 Å². The summed E-state index contributed by atoms with van der Waals surface area (Å²) in [5, 5.41) is 3.47. The van der Waals surface area contributed by atoms with Gasteiger partial charge in [0.2, 0.25) is 5.91 Å². The second-order valence-corrected chi connectivity index (χ2v) is 6.91. The van der Waals surface area contributed by atoms with E-state index in [1.165, 1.54) is 12.1 Å². The van der Waals surface area contributed by atoms with Gasteiger partial charge in [-0.2, -0.15) is 0 Å². The van der Waals surface area contributed by atoms with Crippen LogP contribution in [0.4, 0.5) is 0 Å². The van der Waals surface area contributed by atoms with Crippen molar-refractivity contribution in [2.24, 2.45) is 0 Å². The number of hydrogen-bond donors (Lipinski definition) is 1. The molecule has 0 saturated heterocycles. The third kappa shape index (κ3) is 4.35. The Morgan fingerprint density at radius 1 is 1.00 bits per heavy atom. The van der Waals surface area contributed by atoms with Gasteiger partial charge in [-0.15, -0.1) is 0 Å². The van der Waals surface area contributed by atoms with E-state index in [0.717, 1.165) is 4.90 Å². The van der Waals surface area contributed by atoms with E-state index < -0.39 is 24.3 Å². The van der Waals surface area contributed by atoms with E-state index in [1.54, 1.807) is 24.3 Å². The number of hydrogen-bond acceptors (Lipinski definition) is 4. The summed E-state index contributed by atoms with van der Waals surface area (Å²) in [4.78, 5) is 37.6. The summed E-state index contributed by atoms with van der Waals surface area (Å²) in [5.74, 6) is -1.08. The standard InChI is InChI=1S/C18H13Cl3N2O4/c19-10-2-1-3-11(6-10)27-5-4-22-16(24)9-23-17(25)12-7-14(20)15(21)8-13(12)18(23)26/h1-3,6-8H,4-5,9H2,(H,22,24). The number of amides is 3. The van der Waals surface area contributed by atoms with Crippen molar-refractivity contribution in [2.75, 3.05) is 19.7 Å². The smallest absolute Gasteiger partial charge is 0.262 e. The van der Waals surface area contributed by atoms with Gasteiger partial charge in [0.1, 0.15) is 18.9 Å². The van der Waals surface area contributed by atoms with Crippen LogP contribution in [0.1, 0.15) is 20.7 Å². The van der Waals surface area contributed by atoms with Crippen LogP contribution in [0.5, 0.6) is 5.75 Å². The summed E-state index contributed by atoms with van der Waals surface area (Å²) in [6.07, 6.45) is 0. The van der Waals surface area contributed by atoms with Crippen molar-refractivity contribution in [3.63, 3.8) is 0 Å². The number of rotatable bonds is 6. The van der Waals surface area contributed by atoms with Gasteiger partial charge >= 0.3 is 0 Å². The molecule has 1 N–H and O–H groups in total. The van der Waals surface area contributed by atoms with E-state index in [2.05, 4.69) is 5.32 Å². The highest BCUT2D eigenvalue weighted by molar-refractivity contribution is 6.43. The molecule has 0 aliphatic carbocycles. The average Bonchev–Trinajstić information content (AvgIpc) is 2.84. The fraction of sp³-hybridized carbons (Fsp3) is 0.167. The molecule has 3 rings (SSSR count). The zero-order valence-electron chi connectivity index (χ0n) is 13.8. The third-order valence-electron chi connectivity index (χ3n) is 3.80. The minimum atomic E-state index is -0.584. The number of imide groups is 1. The van der Waals surface area contributed by atoms with Crippen molar-refractivity contribution in [3.8, 4) is 5.75 Å². The fourth-order valence-electron chi connectivity index (χ4n) is 2.54. The predicted octanol–water partition coefficient (Wildman–Crippen LogP) is 3.44. The molecule has 27 heavy (non-hydrogen) atoms. The first kappa shape index (κ1) is 19.5. The van der Waals surface area contributed by atoms with Crippen LogP contribution in [0, 0.1) is 0 Å². The molecular weight excluding hydrogens is 415 g/mol. The van der Waals surface area contributed by atoms with Gasteiger partial charge in [0, 0.05) is 5.02 Å². The van der Waals surface area contributed by atoms with Crippen LogP contribution in [-0.4, -0.2) is 42.3 Å². The van der Waals surface area contributed by atoms with Crippen LogP contribution in [0.3, 0.4) is 0 Å². The molecule has 0 radical (unpaired) electrons. The lowest BCUT2D eigenvalue weighted by Gasteiger charge is -2.14. The number of carbonyl (C=O) groups excluding carboxylic acids is 3. The molecule has 1 aliphatic rings. The number of nitrogens with zero attached hydrogens (tertiary/aromatic N) is 1. The largest absolute Gasteiger partial charge is 0.492 e. The van der Waals surface area contributed by atoms with Crippen molar-refractivity contribution in [2.45, 2.75) is 0 Å². The Kier molecular flexibility index (Phi) is 5.89. The van der Waals surface area contributed by atoms with Gasteiger partial charge in [-0.25, -0.2) is 0 Å². The lowest BCUT2D eigenvalue weighted by Crippen LogP contribution is -2.41. The Morgan fingerprint density at radius 3 is 2.22 bits per heavy atom. The van der Waals surface area contributed by atoms with Gasteiger partial charge in [0.05, 0.1) is 27.7 Å². The number of halogens is 3. The van der Waals surface area contributed by atoms with Crippen molar-refractivity contribution < 1.29 is 19.1 Å². The summed E-state index contributed by atoms with van der Waals surface area (Å²) in [7, 11) is 0. The second-order valence-electron chi connectivity index (χ2n) is 5.66. The van der Waals surface area contributed by atoms with Crippen LogP contribution in [0.2, 0.25) is 15.1 Å². The molecule has 0 atom stereocenters. The molecular formula is C18H13Cl3N2O4. The Hall–Kier alpha value is -2.28. The minimum absolute atomic E-state index is 0.131. The molecule has 0 spiro atoms. The van der Waals surface area contributed by atoms with Crippen LogP contribution < -0.4 is 10.1 Å². The summed E-state index contributed by atoms with van der Waals surface area (Å²) in [6, 6.07) is 9.52. The van der Waals surface area contributed by atoms with Crippen LogP contribution in [0.15, 0.2) is 36.4 Å². The molecule has 9 heteroatoms. The molecule has 1 aliphatic heterocycles. The van der Waals surface area contributed by atoms with Gasteiger partial charge in [-0.1, -0.05) is 40.9 Å². The molecule has 6 nitrogen and oxygen atoms in total. The van der Waals surface area contributed by atoms with E-state index in [-0.39, 0.29) is 34.3 Å². The quantitative estimate of drug-likeness (QED) is 0.566.